The molecule has 0 aromatic heterocycles. The summed E-state index contributed by atoms with van der Waals surface area (Å²) in [6, 6.07) is 21.0. The highest BCUT2D eigenvalue weighted by molar-refractivity contribution is 5.29. The molecule has 0 radical (unpaired) electrons. The van der Waals surface area contributed by atoms with Crippen molar-refractivity contribution < 1.29 is 0 Å². The molecule has 2 aromatic rings. The molecule has 1 unspecified atom stereocenters. The first-order valence-electron chi connectivity index (χ1n) is 8.60. The van der Waals surface area contributed by atoms with Crippen molar-refractivity contribution in [2.45, 2.75) is 47.0 Å². The molecule has 128 valence electrons. The second-order valence-electron chi connectivity index (χ2n) is 7.68. The smallest absolute Gasteiger partial charge is 0.00912 e. The van der Waals surface area contributed by atoms with Crippen LogP contribution in [0.5, 0.6) is 0 Å². The van der Waals surface area contributed by atoms with Crippen LogP contribution in [0.1, 0.15) is 51.7 Å². The molecule has 0 bridgehead atoms. The van der Waals surface area contributed by atoms with Gasteiger partial charge in [0.15, 0.2) is 0 Å². The molecule has 0 aliphatic carbocycles. The van der Waals surface area contributed by atoms with Gasteiger partial charge in [-0.3, -0.25) is 0 Å². The number of rotatable bonds is 4. The highest BCUT2D eigenvalue weighted by atomic mass is 14.3. The van der Waals surface area contributed by atoms with E-state index in [1.165, 1.54) is 22.3 Å². The predicted octanol–water partition coefficient (Wildman–Crippen LogP) is 7.20. The van der Waals surface area contributed by atoms with Crippen molar-refractivity contribution in [3.05, 3.63) is 96.1 Å². The highest BCUT2D eigenvalue weighted by Crippen LogP contribution is 2.39. The molecule has 0 saturated heterocycles. The maximum absolute atomic E-state index is 4.10. The molecule has 0 aliphatic heterocycles. The van der Waals surface area contributed by atoms with Gasteiger partial charge in [-0.2, -0.15) is 0 Å². The summed E-state index contributed by atoms with van der Waals surface area (Å²) < 4.78 is 0. The predicted molar refractivity (Wildman–Crippen MR) is 108 cm³/mol. The zero-order chi connectivity index (χ0) is 18.2. The summed E-state index contributed by atoms with van der Waals surface area (Å²) >= 11 is 0. The lowest BCUT2D eigenvalue weighted by Crippen LogP contribution is -2.19. The molecule has 0 heterocycles. The summed E-state index contributed by atoms with van der Waals surface area (Å²) in [7, 11) is 0. The minimum absolute atomic E-state index is 0.243. The first kappa shape index (κ1) is 20.0. The van der Waals surface area contributed by atoms with Crippen LogP contribution in [0.15, 0.2) is 85.0 Å². The van der Waals surface area contributed by atoms with Gasteiger partial charge in [-0.1, -0.05) is 106 Å². The van der Waals surface area contributed by atoms with E-state index in [2.05, 4.69) is 95.5 Å². The summed E-state index contributed by atoms with van der Waals surface area (Å²) in [5.74, 6) is 0.448. The van der Waals surface area contributed by atoms with Gasteiger partial charge in [-0.05, 0) is 36.8 Å². The van der Waals surface area contributed by atoms with Gasteiger partial charge in [0.25, 0.3) is 0 Å². The van der Waals surface area contributed by atoms with Gasteiger partial charge in [0, 0.05) is 5.92 Å². The Bertz CT molecular complexity index is 627. The molecule has 0 N–H and O–H groups in total. The van der Waals surface area contributed by atoms with Gasteiger partial charge in [-0.25, -0.2) is 0 Å². The van der Waals surface area contributed by atoms with E-state index in [-0.39, 0.29) is 5.41 Å². The van der Waals surface area contributed by atoms with Gasteiger partial charge < -0.3 is 0 Å². The van der Waals surface area contributed by atoms with Crippen LogP contribution in [0, 0.1) is 5.41 Å². The van der Waals surface area contributed by atoms with Crippen LogP contribution in [0.3, 0.4) is 0 Å². The normalized spacial score (nSPS) is 11.9. The number of hydrogen-bond donors (Lipinski definition) is 0. The summed E-state index contributed by atoms with van der Waals surface area (Å²) in [5, 5.41) is 0. The van der Waals surface area contributed by atoms with Gasteiger partial charge in [0.05, 0.1) is 0 Å². The van der Waals surface area contributed by atoms with E-state index in [1.807, 2.05) is 13.0 Å². The summed E-state index contributed by atoms with van der Waals surface area (Å²) in [5.41, 5.74) is 5.41. The lowest BCUT2D eigenvalue weighted by Gasteiger charge is -2.31. The topological polar surface area (TPSA) is 0 Å². The third-order valence-electron chi connectivity index (χ3n) is 3.84. The second-order valence-corrected chi connectivity index (χ2v) is 7.68. The Morgan fingerprint density at radius 3 is 1.67 bits per heavy atom. The highest BCUT2D eigenvalue weighted by Gasteiger charge is 2.26. The molecule has 2 rings (SSSR count). The van der Waals surface area contributed by atoms with Gasteiger partial charge >= 0.3 is 0 Å². The zero-order valence-electron chi connectivity index (χ0n) is 16.0. The van der Waals surface area contributed by atoms with E-state index >= 15 is 0 Å². The lowest BCUT2D eigenvalue weighted by molar-refractivity contribution is 0.354. The number of hydrogen-bond acceptors (Lipinski definition) is 0. The Labute approximate surface area is 148 Å². The third kappa shape index (κ3) is 7.00. The minimum Gasteiger partial charge on any atom is -0.0998 e. The monoisotopic (exact) mass is 320 g/mol. The number of benzene rings is 2. The van der Waals surface area contributed by atoms with Crippen molar-refractivity contribution in [3.63, 3.8) is 0 Å². The maximum Gasteiger partial charge on any atom is 0.00912 e. The van der Waals surface area contributed by atoms with E-state index in [9.17, 15) is 0 Å². The molecule has 0 nitrogen and oxygen atoms in total. The average Bonchev–Trinajstić information content (AvgIpc) is 2.47. The summed E-state index contributed by atoms with van der Waals surface area (Å²) in [6.07, 6.45) is 1.00. The van der Waals surface area contributed by atoms with E-state index in [0.717, 1.165) is 6.42 Å². The fourth-order valence-electron chi connectivity index (χ4n) is 3.11. The fraction of sp³-hybridized carbons (Fsp3) is 0.333. The third-order valence-corrected chi connectivity index (χ3v) is 3.84. The molecule has 0 saturated carbocycles. The first-order valence-corrected chi connectivity index (χ1v) is 8.60. The molecular weight excluding hydrogens is 288 g/mol. The molecule has 0 aliphatic rings. The van der Waals surface area contributed by atoms with Crippen molar-refractivity contribution >= 4 is 0 Å². The summed E-state index contributed by atoms with van der Waals surface area (Å²) in [4.78, 5) is 0. The second kappa shape index (κ2) is 9.27. The Morgan fingerprint density at radius 2 is 1.29 bits per heavy atom. The van der Waals surface area contributed by atoms with Crippen molar-refractivity contribution in [3.8, 4) is 0 Å². The molecular formula is C24H32. The van der Waals surface area contributed by atoms with Crippen LogP contribution in [0.25, 0.3) is 0 Å². The molecule has 0 amide bonds. The Hall–Kier alpha value is -2.08. The molecule has 0 fully saturated rings. The van der Waals surface area contributed by atoms with Crippen LogP contribution in [0.2, 0.25) is 0 Å². The van der Waals surface area contributed by atoms with E-state index in [1.54, 1.807) is 0 Å². The molecule has 0 heteroatoms. The van der Waals surface area contributed by atoms with Crippen molar-refractivity contribution in [1.29, 1.82) is 0 Å². The van der Waals surface area contributed by atoms with E-state index in [4.69, 9.17) is 0 Å². The minimum atomic E-state index is 0.243. The maximum atomic E-state index is 4.10. The van der Waals surface area contributed by atoms with Gasteiger partial charge in [0.2, 0.25) is 0 Å². The van der Waals surface area contributed by atoms with Crippen molar-refractivity contribution in [1.82, 2.24) is 0 Å². The average molecular weight is 321 g/mol. The zero-order valence-corrected chi connectivity index (χ0v) is 16.0. The lowest BCUT2D eigenvalue weighted by atomic mass is 9.73. The van der Waals surface area contributed by atoms with Crippen LogP contribution in [-0.4, -0.2) is 0 Å². The molecule has 2 aromatic carbocycles. The molecule has 24 heavy (non-hydrogen) atoms. The van der Waals surface area contributed by atoms with Crippen LogP contribution >= 0.6 is 0 Å². The summed E-state index contributed by atoms with van der Waals surface area (Å²) in [6.45, 7) is 18.9. The first-order chi connectivity index (χ1) is 11.2. The number of allylic oxidation sites excluding steroid dienone is 2. The Balaban J connectivity index is 0.000000254. The quantitative estimate of drug-likeness (QED) is 0.523. The van der Waals surface area contributed by atoms with Gasteiger partial charge in [-0.15, -0.1) is 0 Å². The van der Waals surface area contributed by atoms with Crippen LogP contribution in [-0.2, 0) is 6.42 Å². The van der Waals surface area contributed by atoms with Crippen LogP contribution < -0.4 is 0 Å². The molecule has 0 spiro atoms. The van der Waals surface area contributed by atoms with Crippen LogP contribution in [0.4, 0.5) is 0 Å². The fourth-order valence-corrected chi connectivity index (χ4v) is 3.11. The Morgan fingerprint density at radius 1 is 0.833 bits per heavy atom. The standard InChI is InChI=1S/C14H20.C10H12/c1-11(2)13(14(3,4)5)12-9-7-6-8-10-12;1-9(2)8-10-6-4-3-5-7-10/h6-10,13H,1H2,2-5H3;3-7H,1,8H2,2H3. The molecule has 1 atom stereocenters. The van der Waals surface area contributed by atoms with E-state index in [0.29, 0.717) is 5.92 Å². The van der Waals surface area contributed by atoms with Crippen molar-refractivity contribution in [2.75, 3.05) is 0 Å². The SMILES string of the molecule is C=C(C)C(c1ccccc1)C(C)(C)C.C=C(C)Cc1ccccc1. The largest absolute Gasteiger partial charge is 0.0998 e. The van der Waals surface area contributed by atoms with Gasteiger partial charge in [0.1, 0.15) is 0 Å². The van der Waals surface area contributed by atoms with Crippen molar-refractivity contribution in [2.24, 2.45) is 5.41 Å². The van der Waals surface area contributed by atoms with E-state index < -0.39 is 0 Å². The Kier molecular flexibility index (Phi) is 7.71.